The number of aliphatic hydroxyl groups excluding tert-OH is 4. The normalized spacial score (nSPS) is 16.4. The van der Waals surface area contributed by atoms with Crippen LogP contribution in [0.15, 0.2) is 0 Å². The van der Waals surface area contributed by atoms with Crippen LogP contribution in [0.5, 0.6) is 0 Å². The lowest BCUT2D eigenvalue weighted by Gasteiger charge is -2.22. The molecule has 0 bridgehead atoms. The molecule has 1 unspecified atom stereocenters. The Balaban J connectivity index is 4.21. The van der Waals surface area contributed by atoms with Gasteiger partial charge in [0.15, 0.2) is 5.78 Å². The maximum Gasteiger partial charge on any atom is 0.408 e. The predicted molar refractivity (Wildman–Crippen MR) is 64.3 cm³/mol. The van der Waals surface area contributed by atoms with Crippen molar-refractivity contribution in [3.63, 3.8) is 0 Å². The highest BCUT2D eigenvalue weighted by Crippen LogP contribution is 2.06. The number of carbonyl (C=O) groups is 2. The molecule has 0 radical (unpaired) electrons. The number of amides is 1. The number of hydrogen-bond donors (Lipinski definition) is 5. The lowest BCUT2D eigenvalue weighted by atomic mass is 10.0. The van der Waals surface area contributed by atoms with E-state index in [9.17, 15) is 19.8 Å². The highest BCUT2D eigenvalue weighted by Gasteiger charge is 2.30. The Labute approximate surface area is 111 Å². The molecule has 3 atom stereocenters. The lowest BCUT2D eigenvalue weighted by molar-refractivity contribution is -0.139. The Morgan fingerprint density at radius 2 is 1.74 bits per heavy atom. The van der Waals surface area contributed by atoms with Crippen LogP contribution >= 0.6 is 0 Å². The first-order chi connectivity index (χ1) is 8.58. The number of Topliss-reactive ketones (excluding diaryl/α,β-unsaturated/α-hetero) is 1. The minimum atomic E-state index is -1.91. The fourth-order valence-corrected chi connectivity index (χ4v) is 1.09. The van der Waals surface area contributed by atoms with Gasteiger partial charge in [-0.3, -0.25) is 4.79 Å². The molecule has 0 aromatic rings. The van der Waals surface area contributed by atoms with Gasteiger partial charge < -0.3 is 30.5 Å². The Kier molecular flexibility index (Phi) is 6.91. The Morgan fingerprint density at radius 3 is 2.16 bits per heavy atom. The second kappa shape index (κ2) is 7.39. The van der Waals surface area contributed by atoms with Crippen LogP contribution in [0.4, 0.5) is 4.79 Å². The van der Waals surface area contributed by atoms with Gasteiger partial charge in [-0.15, -0.1) is 0 Å². The molecule has 0 aliphatic rings. The molecule has 0 saturated heterocycles. The third kappa shape index (κ3) is 7.06. The smallest absolute Gasteiger partial charge is 0.408 e. The lowest BCUT2D eigenvalue weighted by Crippen LogP contribution is -2.47. The molecule has 0 aliphatic heterocycles. The standard InChI is InChI=1S/C11H21NO7/c1-11(2,3)19-10(18)12-4-6(14)8(16)9(17)7(15)5-13/h7-9,13,15-17H,4-5H2,1-3H3,(H,12,18)/t7?,8-,9-/m1/s1. The van der Waals surface area contributed by atoms with E-state index in [0.717, 1.165) is 0 Å². The van der Waals surface area contributed by atoms with Crippen molar-refractivity contribution in [1.82, 2.24) is 5.32 Å². The first kappa shape index (κ1) is 17.8. The SMILES string of the molecule is CC(C)(C)OC(=O)NCC(=O)[C@@H](O)[C@H](O)C(O)CO. The topological polar surface area (TPSA) is 136 Å². The van der Waals surface area contributed by atoms with E-state index in [1.807, 2.05) is 0 Å². The number of alkyl carbamates (subject to hydrolysis) is 1. The van der Waals surface area contributed by atoms with Crippen LogP contribution in [0.25, 0.3) is 0 Å². The predicted octanol–water partition coefficient (Wildman–Crippen LogP) is -1.84. The molecule has 0 rings (SSSR count). The van der Waals surface area contributed by atoms with Gasteiger partial charge in [0, 0.05) is 0 Å². The second-order valence-corrected chi connectivity index (χ2v) is 5.01. The molecule has 5 N–H and O–H groups in total. The third-order valence-corrected chi connectivity index (χ3v) is 2.04. The summed E-state index contributed by atoms with van der Waals surface area (Å²) < 4.78 is 4.86. The molecule has 0 saturated carbocycles. The zero-order valence-corrected chi connectivity index (χ0v) is 11.2. The molecule has 8 nitrogen and oxygen atoms in total. The van der Waals surface area contributed by atoms with Crippen LogP contribution in [0, 0.1) is 0 Å². The van der Waals surface area contributed by atoms with E-state index < -0.39 is 48.9 Å². The van der Waals surface area contributed by atoms with Gasteiger partial charge in [-0.2, -0.15) is 0 Å². The molecule has 0 fully saturated rings. The molecule has 0 aromatic heterocycles. The van der Waals surface area contributed by atoms with Crippen molar-refractivity contribution < 1.29 is 34.8 Å². The van der Waals surface area contributed by atoms with E-state index >= 15 is 0 Å². The zero-order chi connectivity index (χ0) is 15.2. The van der Waals surface area contributed by atoms with Gasteiger partial charge in [-0.05, 0) is 20.8 Å². The average molecular weight is 279 g/mol. The van der Waals surface area contributed by atoms with Crippen LogP contribution in [-0.2, 0) is 9.53 Å². The molecule has 0 aliphatic carbocycles. The minimum Gasteiger partial charge on any atom is -0.444 e. The van der Waals surface area contributed by atoms with E-state index in [1.54, 1.807) is 20.8 Å². The van der Waals surface area contributed by atoms with Crippen LogP contribution < -0.4 is 5.32 Å². The van der Waals surface area contributed by atoms with Gasteiger partial charge in [0.25, 0.3) is 0 Å². The molecule has 1 amide bonds. The van der Waals surface area contributed by atoms with Gasteiger partial charge in [0.05, 0.1) is 13.2 Å². The van der Waals surface area contributed by atoms with Gasteiger partial charge in [-0.1, -0.05) is 0 Å². The maximum absolute atomic E-state index is 11.4. The largest absolute Gasteiger partial charge is 0.444 e. The highest BCUT2D eigenvalue weighted by atomic mass is 16.6. The summed E-state index contributed by atoms with van der Waals surface area (Å²) in [6.45, 7) is 3.57. The van der Waals surface area contributed by atoms with Gasteiger partial charge in [0.2, 0.25) is 0 Å². The summed E-state index contributed by atoms with van der Waals surface area (Å²) in [5.74, 6) is -0.911. The molecular formula is C11H21NO7. The number of carbonyl (C=O) groups excluding carboxylic acids is 2. The van der Waals surface area contributed by atoms with Crippen molar-refractivity contribution in [2.45, 2.75) is 44.7 Å². The number of ketones is 1. The first-order valence-corrected chi connectivity index (χ1v) is 5.73. The fourth-order valence-electron chi connectivity index (χ4n) is 1.09. The van der Waals surface area contributed by atoms with Crippen LogP contribution in [0.1, 0.15) is 20.8 Å². The molecule has 8 heteroatoms. The molecule has 112 valence electrons. The number of ether oxygens (including phenoxy) is 1. The molecule has 0 spiro atoms. The van der Waals surface area contributed by atoms with Crippen molar-refractivity contribution in [2.24, 2.45) is 0 Å². The van der Waals surface area contributed by atoms with Crippen molar-refractivity contribution in [1.29, 1.82) is 0 Å². The van der Waals surface area contributed by atoms with Gasteiger partial charge >= 0.3 is 6.09 Å². The summed E-state index contributed by atoms with van der Waals surface area (Å²) in [7, 11) is 0. The minimum absolute atomic E-state index is 0.564. The number of hydrogen-bond acceptors (Lipinski definition) is 7. The van der Waals surface area contributed by atoms with Crippen molar-refractivity contribution in [3.8, 4) is 0 Å². The third-order valence-electron chi connectivity index (χ3n) is 2.04. The molecule has 19 heavy (non-hydrogen) atoms. The first-order valence-electron chi connectivity index (χ1n) is 5.73. The van der Waals surface area contributed by atoms with E-state index in [-0.39, 0.29) is 0 Å². The summed E-state index contributed by atoms with van der Waals surface area (Å²) in [6.07, 6.45) is -6.21. The van der Waals surface area contributed by atoms with Gasteiger partial charge in [0.1, 0.15) is 23.9 Å². The van der Waals surface area contributed by atoms with Crippen molar-refractivity contribution in [3.05, 3.63) is 0 Å². The maximum atomic E-state index is 11.4. The van der Waals surface area contributed by atoms with E-state index in [1.165, 1.54) is 0 Å². The number of rotatable bonds is 6. The van der Waals surface area contributed by atoms with Crippen molar-refractivity contribution >= 4 is 11.9 Å². The summed E-state index contributed by atoms with van der Waals surface area (Å²) in [6, 6.07) is 0. The monoisotopic (exact) mass is 279 g/mol. The second-order valence-electron chi connectivity index (χ2n) is 5.01. The van der Waals surface area contributed by atoms with E-state index in [4.69, 9.17) is 14.9 Å². The van der Waals surface area contributed by atoms with Crippen LogP contribution in [0.3, 0.4) is 0 Å². The highest BCUT2D eigenvalue weighted by molar-refractivity contribution is 5.88. The van der Waals surface area contributed by atoms with Crippen molar-refractivity contribution in [2.75, 3.05) is 13.2 Å². The van der Waals surface area contributed by atoms with E-state index in [0.29, 0.717) is 0 Å². The molecular weight excluding hydrogens is 258 g/mol. The summed E-state index contributed by atoms with van der Waals surface area (Å²) in [5, 5.41) is 38.4. The quantitative estimate of drug-likeness (QED) is 0.385. The van der Waals surface area contributed by atoms with Gasteiger partial charge in [-0.25, -0.2) is 4.79 Å². The number of aliphatic hydroxyl groups is 4. The molecule has 0 aromatic carbocycles. The van der Waals surface area contributed by atoms with Crippen LogP contribution in [-0.4, -0.2) is 69.4 Å². The van der Waals surface area contributed by atoms with Crippen LogP contribution in [0.2, 0.25) is 0 Å². The summed E-state index contributed by atoms with van der Waals surface area (Å²) >= 11 is 0. The Hall–Kier alpha value is -1.22. The zero-order valence-electron chi connectivity index (χ0n) is 11.2. The summed E-state index contributed by atoms with van der Waals surface area (Å²) in [5.41, 5.74) is -0.724. The van der Waals surface area contributed by atoms with E-state index in [2.05, 4.69) is 5.32 Å². The Bertz CT molecular complexity index is 313. The summed E-state index contributed by atoms with van der Waals surface area (Å²) in [4.78, 5) is 22.6. The average Bonchev–Trinajstić information content (AvgIpc) is 2.30. The Morgan fingerprint density at radius 1 is 1.21 bits per heavy atom. The molecule has 0 heterocycles. The number of nitrogens with one attached hydrogen (secondary N) is 1. The fraction of sp³-hybridized carbons (Fsp3) is 0.818.